The number of carbonyl (C=O) groups excluding carboxylic acids is 2. The zero-order valence-electron chi connectivity index (χ0n) is 17.2. The Morgan fingerprint density at radius 2 is 1.17 bits per heavy atom. The van der Waals surface area contributed by atoms with Crippen LogP contribution in [-0.4, -0.2) is 60.8 Å². The van der Waals surface area contributed by atoms with Crippen LogP contribution < -0.4 is 5.32 Å². The molecule has 0 aliphatic rings. The van der Waals surface area contributed by atoms with E-state index in [1.54, 1.807) is 0 Å². The molecule has 1 aromatic rings. The van der Waals surface area contributed by atoms with Crippen LogP contribution in [-0.2, 0) is 9.53 Å². The van der Waals surface area contributed by atoms with Crippen molar-refractivity contribution in [2.75, 3.05) is 7.11 Å². The van der Waals surface area contributed by atoms with E-state index in [1.807, 2.05) is 0 Å². The lowest BCUT2D eigenvalue weighted by molar-refractivity contribution is -0.443. The van der Waals surface area contributed by atoms with Crippen molar-refractivity contribution in [2.45, 2.75) is 48.8 Å². The highest BCUT2D eigenvalue weighted by Crippen LogP contribution is 2.61. The predicted molar refractivity (Wildman–Crippen MR) is 89.7 cm³/mol. The van der Waals surface area contributed by atoms with Gasteiger partial charge in [0, 0.05) is 5.56 Å². The molecule has 0 radical (unpaired) electrons. The number of nitrogens with one attached hydrogen (secondary N) is 1. The van der Waals surface area contributed by atoms with Crippen molar-refractivity contribution in [2.24, 2.45) is 5.92 Å². The third-order valence-corrected chi connectivity index (χ3v) is 4.81. The summed E-state index contributed by atoms with van der Waals surface area (Å²) < 4.78 is 178. The van der Waals surface area contributed by atoms with Crippen molar-refractivity contribution >= 4 is 11.9 Å². The Morgan fingerprint density at radius 1 is 0.743 bits per heavy atom. The van der Waals surface area contributed by atoms with Crippen LogP contribution >= 0.6 is 0 Å². The number of ether oxygens (including phenoxy) is 1. The van der Waals surface area contributed by atoms with Gasteiger partial charge in [-0.3, -0.25) is 4.79 Å². The summed E-state index contributed by atoms with van der Waals surface area (Å²) in [5.74, 6) is -45.3. The first-order valence-corrected chi connectivity index (χ1v) is 8.91. The number of hydrogen-bond acceptors (Lipinski definition) is 3. The van der Waals surface area contributed by atoms with Crippen molar-refractivity contribution in [3.63, 3.8) is 0 Å². The van der Waals surface area contributed by atoms with Crippen molar-refractivity contribution in [3.05, 3.63) is 35.9 Å². The van der Waals surface area contributed by atoms with E-state index in [0.29, 0.717) is 7.11 Å². The summed E-state index contributed by atoms with van der Waals surface area (Å²) in [7, 11) is 0.458. The van der Waals surface area contributed by atoms with Crippen molar-refractivity contribution in [3.8, 4) is 0 Å². The minimum absolute atomic E-state index is 0.156. The highest BCUT2D eigenvalue weighted by molar-refractivity contribution is 5.96. The first-order valence-electron chi connectivity index (χ1n) is 8.91. The third-order valence-electron chi connectivity index (χ3n) is 4.81. The molecule has 0 aliphatic carbocycles. The third kappa shape index (κ3) is 4.85. The average molecular weight is 539 g/mol. The second-order valence-electron chi connectivity index (χ2n) is 7.05. The van der Waals surface area contributed by atoms with E-state index in [-0.39, 0.29) is 6.92 Å². The molecule has 1 rings (SSSR count). The molecule has 17 heteroatoms. The van der Waals surface area contributed by atoms with Crippen LogP contribution in [0.25, 0.3) is 0 Å². The molecule has 1 N–H and O–H groups in total. The van der Waals surface area contributed by atoms with E-state index in [1.165, 1.54) is 23.5 Å². The normalized spacial score (nSPS) is 15.9. The first kappa shape index (κ1) is 30.3. The summed E-state index contributed by atoms with van der Waals surface area (Å²) in [5.41, 5.74) is -0.398. The first-order chi connectivity index (χ1) is 15.5. The second kappa shape index (κ2) is 9.37. The largest absolute Gasteiger partial charge is 0.467 e. The van der Waals surface area contributed by atoms with Gasteiger partial charge in [0.1, 0.15) is 6.04 Å². The molecular weight excluding hydrogens is 525 g/mol. The van der Waals surface area contributed by atoms with Gasteiger partial charge in [-0.05, 0) is 12.1 Å². The molecule has 4 nitrogen and oxygen atoms in total. The molecule has 0 fully saturated rings. The monoisotopic (exact) mass is 539 g/mol. The highest BCUT2D eigenvalue weighted by atomic mass is 19.4. The number of carbonyl (C=O) groups is 2. The van der Waals surface area contributed by atoms with E-state index in [9.17, 15) is 66.7 Å². The number of benzene rings is 1. The van der Waals surface area contributed by atoms with Gasteiger partial charge in [-0.25, -0.2) is 4.79 Å². The maximum Gasteiger partial charge on any atom is 0.460 e. The molecule has 0 saturated carbocycles. The number of alkyl halides is 13. The van der Waals surface area contributed by atoms with Gasteiger partial charge in [-0.2, -0.15) is 57.1 Å². The summed E-state index contributed by atoms with van der Waals surface area (Å²) in [6.45, 7) is -0.156. The topological polar surface area (TPSA) is 55.4 Å². The SMILES string of the molecule is COC(=O)C(NC(=O)c1ccccc1)C(C)C(F)(F)C(F)(F)C(F)(F)C(F)(F)C(F)(F)C(F)(F)F. The predicted octanol–water partition coefficient (Wildman–Crippen LogP) is 5.33. The smallest absolute Gasteiger partial charge is 0.460 e. The van der Waals surface area contributed by atoms with Gasteiger partial charge in [-0.1, -0.05) is 25.1 Å². The molecule has 1 amide bonds. The average Bonchev–Trinajstić information content (AvgIpc) is 2.75. The van der Waals surface area contributed by atoms with E-state index >= 15 is 0 Å². The Kier molecular flexibility index (Phi) is 8.10. The molecule has 0 aromatic heterocycles. The molecule has 0 aliphatic heterocycles. The number of methoxy groups -OCH3 is 1. The molecule has 0 spiro atoms. The van der Waals surface area contributed by atoms with Crippen LogP contribution in [0, 0.1) is 5.92 Å². The molecule has 0 bridgehead atoms. The van der Waals surface area contributed by atoms with E-state index in [0.717, 1.165) is 12.1 Å². The number of amides is 1. The van der Waals surface area contributed by atoms with Crippen molar-refractivity contribution in [1.82, 2.24) is 5.32 Å². The number of hydrogen-bond donors (Lipinski definition) is 1. The molecule has 0 heterocycles. The molecule has 1 aromatic carbocycles. The van der Waals surface area contributed by atoms with E-state index in [2.05, 4.69) is 4.74 Å². The van der Waals surface area contributed by atoms with Gasteiger partial charge in [0.2, 0.25) is 0 Å². The van der Waals surface area contributed by atoms with Gasteiger partial charge in [0.15, 0.2) is 0 Å². The lowest BCUT2D eigenvalue weighted by atomic mass is 9.84. The maximum absolute atomic E-state index is 14.5. The zero-order valence-corrected chi connectivity index (χ0v) is 17.2. The summed E-state index contributed by atoms with van der Waals surface area (Å²) in [6.07, 6.45) is -7.55. The zero-order chi connectivity index (χ0) is 27.8. The number of rotatable bonds is 9. The standard InChI is InChI=1S/C18H14F13NO3/c1-8(10(12(34)35-2)32-11(33)9-6-4-3-5-7-9)13(19,20)14(21,22)15(23,24)16(25,26)17(27,28)18(29,30)31/h3-8,10H,1-2H3,(H,32,33). The lowest BCUT2D eigenvalue weighted by Crippen LogP contribution is -2.72. The minimum atomic E-state index is -8.08. The summed E-state index contributed by atoms with van der Waals surface area (Å²) >= 11 is 0. The quantitative estimate of drug-likeness (QED) is 0.341. The maximum atomic E-state index is 14.5. The molecule has 35 heavy (non-hydrogen) atoms. The summed E-state index contributed by atoms with van der Waals surface area (Å²) in [4.78, 5) is 23.9. The fourth-order valence-electron chi connectivity index (χ4n) is 2.61. The summed E-state index contributed by atoms with van der Waals surface area (Å²) in [5, 5.41) is 1.42. The number of esters is 1. The fourth-order valence-corrected chi connectivity index (χ4v) is 2.61. The van der Waals surface area contributed by atoms with E-state index < -0.39 is 65.2 Å². The van der Waals surface area contributed by atoms with Crippen LogP contribution in [0.15, 0.2) is 30.3 Å². The Labute approximate surface area is 187 Å². The van der Waals surface area contributed by atoms with Crippen molar-refractivity contribution in [1.29, 1.82) is 0 Å². The van der Waals surface area contributed by atoms with Crippen LogP contribution in [0.2, 0.25) is 0 Å². The highest BCUT2D eigenvalue weighted by Gasteiger charge is 2.91. The Balaban J connectivity index is 3.52. The van der Waals surface area contributed by atoms with Crippen LogP contribution in [0.3, 0.4) is 0 Å². The van der Waals surface area contributed by atoms with E-state index in [4.69, 9.17) is 0 Å². The van der Waals surface area contributed by atoms with Gasteiger partial charge in [0.25, 0.3) is 5.91 Å². The molecule has 2 atom stereocenters. The number of halogens is 13. The van der Waals surface area contributed by atoms with Gasteiger partial charge in [0.05, 0.1) is 13.0 Å². The Bertz CT molecular complexity index is 916. The van der Waals surface area contributed by atoms with Crippen LogP contribution in [0.4, 0.5) is 57.1 Å². The minimum Gasteiger partial charge on any atom is -0.467 e. The Morgan fingerprint density at radius 3 is 1.57 bits per heavy atom. The van der Waals surface area contributed by atoms with Crippen molar-refractivity contribution < 1.29 is 71.4 Å². The Hall–Kier alpha value is -2.75. The fraction of sp³-hybridized carbons (Fsp3) is 0.556. The van der Waals surface area contributed by atoms with Gasteiger partial charge < -0.3 is 10.1 Å². The van der Waals surface area contributed by atoms with Crippen LogP contribution in [0.1, 0.15) is 17.3 Å². The summed E-state index contributed by atoms with van der Waals surface area (Å²) in [6, 6.07) is 2.80. The molecular formula is C18H14F13NO3. The second-order valence-corrected chi connectivity index (χ2v) is 7.05. The van der Waals surface area contributed by atoms with Crippen LogP contribution in [0.5, 0.6) is 0 Å². The molecule has 0 saturated heterocycles. The van der Waals surface area contributed by atoms with Gasteiger partial charge >= 0.3 is 41.8 Å². The lowest BCUT2D eigenvalue weighted by Gasteiger charge is -2.42. The molecule has 200 valence electrons. The van der Waals surface area contributed by atoms with Gasteiger partial charge in [-0.15, -0.1) is 0 Å². The molecule has 2 unspecified atom stereocenters.